The quantitative estimate of drug-likeness (QED) is 0.883. The van der Waals surface area contributed by atoms with Crippen LogP contribution >= 0.6 is 0 Å². The van der Waals surface area contributed by atoms with E-state index in [4.69, 9.17) is 9.72 Å². The van der Waals surface area contributed by atoms with Crippen LogP contribution in [-0.4, -0.2) is 42.8 Å². The van der Waals surface area contributed by atoms with Crippen molar-refractivity contribution in [1.29, 1.82) is 0 Å². The van der Waals surface area contributed by atoms with E-state index in [1.54, 1.807) is 7.11 Å². The summed E-state index contributed by atoms with van der Waals surface area (Å²) >= 11 is 0. The van der Waals surface area contributed by atoms with Crippen LogP contribution < -0.4 is 15.0 Å². The summed E-state index contributed by atoms with van der Waals surface area (Å²) in [6.07, 6.45) is 0. The maximum atomic E-state index is 5.42. The molecule has 0 unspecified atom stereocenters. The fourth-order valence-corrected chi connectivity index (χ4v) is 2.45. The van der Waals surface area contributed by atoms with Crippen molar-refractivity contribution in [3.63, 3.8) is 0 Å². The van der Waals surface area contributed by atoms with Crippen LogP contribution in [0.3, 0.4) is 0 Å². The number of ether oxygens (including phenoxy) is 1. The molecule has 0 spiro atoms. The molecule has 1 aromatic carbocycles. The largest absolute Gasteiger partial charge is 0.478 e. The van der Waals surface area contributed by atoms with Crippen LogP contribution in [0.25, 0.3) is 11.0 Å². The Morgan fingerprint density at radius 2 is 2.00 bits per heavy atom. The summed E-state index contributed by atoms with van der Waals surface area (Å²) in [5, 5.41) is 3.38. The van der Waals surface area contributed by atoms with E-state index in [1.165, 1.54) is 0 Å². The van der Waals surface area contributed by atoms with Crippen molar-refractivity contribution in [2.45, 2.75) is 13.0 Å². The van der Waals surface area contributed by atoms with Crippen LogP contribution in [0.1, 0.15) is 6.92 Å². The number of para-hydroxylation sites is 2. The molecule has 1 atom stereocenters. The Hall–Kier alpha value is -1.88. The van der Waals surface area contributed by atoms with Crippen molar-refractivity contribution in [3.8, 4) is 5.88 Å². The molecule has 0 bridgehead atoms. The highest BCUT2D eigenvalue weighted by Gasteiger charge is 2.23. The molecule has 5 nitrogen and oxygen atoms in total. The molecule has 5 heteroatoms. The Kier molecular flexibility index (Phi) is 3.21. The predicted octanol–water partition coefficient (Wildman–Crippen LogP) is 1.44. The third-order valence-corrected chi connectivity index (χ3v) is 3.49. The van der Waals surface area contributed by atoms with Crippen LogP contribution in [0.2, 0.25) is 0 Å². The van der Waals surface area contributed by atoms with E-state index >= 15 is 0 Å². The SMILES string of the molecule is COc1nc2ccccc2nc1N1CCNC[C@H]1C. The van der Waals surface area contributed by atoms with Crippen LogP contribution in [0.15, 0.2) is 24.3 Å². The zero-order valence-electron chi connectivity index (χ0n) is 11.3. The number of methoxy groups -OCH3 is 1. The van der Waals surface area contributed by atoms with Gasteiger partial charge in [-0.1, -0.05) is 12.1 Å². The van der Waals surface area contributed by atoms with Crippen LogP contribution in [0.4, 0.5) is 5.82 Å². The number of anilines is 1. The van der Waals surface area contributed by atoms with Gasteiger partial charge in [0.1, 0.15) is 0 Å². The van der Waals surface area contributed by atoms with E-state index in [9.17, 15) is 0 Å². The van der Waals surface area contributed by atoms with E-state index in [1.807, 2.05) is 24.3 Å². The molecule has 1 aliphatic heterocycles. The number of nitrogens with zero attached hydrogens (tertiary/aromatic N) is 3. The summed E-state index contributed by atoms with van der Waals surface area (Å²) in [5.74, 6) is 1.45. The normalized spacial score (nSPS) is 19.7. The van der Waals surface area contributed by atoms with Gasteiger partial charge in [-0.2, -0.15) is 0 Å². The van der Waals surface area contributed by atoms with E-state index in [-0.39, 0.29) is 0 Å². The first-order valence-electron chi connectivity index (χ1n) is 6.57. The smallest absolute Gasteiger partial charge is 0.257 e. The van der Waals surface area contributed by atoms with Gasteiger partial charge in [-0.3, -0.25) is 0 Å². The molecule has 19 heavy (non-hydrogen) atoms. The highest BCUT2D eigenvalue weighted by Crippen LogP contribution is 2.28. The summed E-state index contributed by atoms with van der Waals surface area (Å²) in [5.41, 5.74) is 1.77. The molecule has 0 radical (unpaired) electrons. The lowest BCUT2D eigenvalue weighted by Crippen LogP contribution is -2.50. The standard InChI is InChI=1S/C14H18N4O/c1-10-9-15-7-8-18(10)13-14(19-2)17-12-6-4-3-5-11(12)16-13/h3-6,10,15H,7-9H2,1-2H3/t10-/m1/s1. The fraction of sp³-hybridized carbons (Fsp3) is 0.429. The van der Waals surface area contributed by atoms with Gasteiger partial charge >= 0.3 is 0 Å². The second-order valence-electron chi connectivity index (χ2n) is 4.79. The summed E-state index contributed by atoms with van der Waals surface area (Å²) in [7, 11) is 1.65. The number of benzene rings is 1. The monoisotopic (exact) mass is 258 g/mol. The van der Waals surface area contributed by atoms with Crippen LogP contribution in [0.5, 0.6) is 5.88 Å². The molecule has 1 fully saturated rings. The fourth-order valence-electron chi connectivity index (χ4n) is 2.45. The Labute approximate surface area is 112 Å². The average Bonchev–Trinajstić information content (AvgIpc) is 2.46. The number of aromatic nitrogens is 2. The first-order chi connectivity index (χ1) is 9.29. The molecule has 1 saturated heterocycles. The molecule has 2 aromatic rings. The first kappa shape index (κ1) is 12.2. The molecule has 1 aliphatic rings. The maximum absolute atomic E-state index is 5.42. The zero-order chi connectivity index (χ0) is 13.2. The molecule has 0 aliphatic carbocycles. The van der Waals surface area contributed by atoms with Gasteiger partial charge in [0.15, 0.2) is 5.82 Å². The lowest BCUT2D eigenvalue weighted by molar-refractivity contribution is 0.392. The zero-order valence-corrected chi connectivity index (χ0v) is 11.3. The van der Waals surface area contributed by atoms with Gasteiger partial charge in [0.05, 0.1) is 18.1 Å². The lowest BCUT2D eigenvalue weighted by atomic mass is 10.2. The number of fused-ring (bicyclic) bond motifs is 1. The minimum atomic E-state index is 0.387. The molecular weight excluding hydrogens is 240 g/mol. The van der Waals surface area contributed by atoms with Gasteiger partial charge in [0, 0.05) is 25.7 Å². The molecule has 1 aromatic heterocycles. The van der Waals surface area contributed by atoms with E-state index in [0.717, 1.165) is 36.5 Å². The predicted molar refractivity (Wildman–Crippen MR) is 75.8 cm³/mol. The molecule has 2 heterocycles. The summed E-state index contributed by atoms with van der Waals surface area (Å²) < 4.78 is 5.42. The van der Waals surface area contributed by atoms with Crippen molar-refractivity contribution in [2.75, 3.05) is 31.6 Å². The Bertz CT molecular complexity index is 587. The van der Waals surface area contributed by atoms with E-state index in [0.29, 0.717) is 11.9 Å². The van der Waals surface area contributed by atoms with Crippen molar-refractivity contribution in [1.82, 2.24) is 15.3 Å². The molecule has 1 N–H and O–H groups in total. The highest BCUT2D eigenvalue weighted by molar-refractivity contribution is 5.77. The summed E-state index contributed by atoms with van der Waals surface area (Å²) in [6.45, 7) is 5.02. The number of hydrogen-bond acceptors (Lipinski definition) is 5. The van der Waals surface area contributed by atoms with Crippen LogP contribution in [-0.2, 0) is 0 Å². The van der Waals surface area contributed by atoms with Crippen molar-refractivity contribution in [3.05, 3.63) is 24.3 Å². The second-order valence-corrected chi connectivity index (χ2v) is 4.79. The third kappa shape index (κ3) is 2.21. The molecule has 3 rings (SSSR count). The van der Waals surface area contributed by atoms with Crippen molar-refractivity contribution >= 4 is 16.9 Å². The highest BCUT2D eigenvalue weighted by atomic mass is 16.5. The van der Waals surface area contributed by atoms with E-state index in [2.05, 4.69) is 22.1 Å². The number of hydrogen-bond donors (Lipinski definition) is 1. The first-order valence-corrected chi connectivity index (χ1v) is 6.57. The van der Waals surface area contributed by atoms with Gasteiger partial charge in [-0.25, -0.2) is 9.97 Å². The summed E-state index contributed by atoms with van der Waals surface area (Å²) in [4.78, 5) is 11.5. The molecule has 0 amide bonds. The Morgan fingerprint density at radius 1 is 1.26 bits per heavy atom. The molecule has 100 valence electrons. The lowest BCUT2D eigenvalue weighted by Gasteiger charge is -2.35. The van der Waals surface area contributed by atoms with Crippen molar-refractivity contribution < 1.29 is 4.74 Å². The molecular formula is C14H18N4O. The van der Waals surface area contributed by atoms with E-state index < -0.39 is 0 Å². The number of rotatable bonds is 2. The van der Waals surface area contributed by atoms with Gasteiger partial charge in [-0.05, 0) is 19.1 Å². The average molecular weight is 258 g/mol. The number of piperazine rings is 1. The van der Waals surface area contributed by atoms with Gasteiger partial charge in [0.2, 0.25) is 0 Å². The third-order valence-electron chi connectivity index (χ3n) is 3.49. The van der Waals surface area contributed by atoms with Gasteiger partial charge < -0.3 is 15.0 Å². The Balaban J connectivity index is 2.10. The second kappa shape index (κ2) is 5.01. The maximum Gasteiger partial charge on any atom is 0.257 e. The minimum absolute atomic E-state index is 0.387. The summed E-state index contributed by atoms with van der Waals surface area (Å²) in [6, 6.07) is 8.27. The van der Waals surface area contributed by atoms with Gasteiger partial charge in [0.25, 0.3) is 5.88 Å². The Morgan fingerprint density at radius 3 is 2.68 bits per heavy atom. The van der Waals surface area contributed by atoms with Crippen molar-refractivity contribution in [2.24, 2.45) is 0 Å². The van der Waals surface area contributed by atoms with Gasteiger partial charge in [-0.15, -0.1) is 0 Å². The van der Waals surface area contributed by atoms with Crippen LogP contribution in [0, 0.1) is 0 Å². The number of nitrogens with one attached hydrogen (secondary N) is 1. The minimum Gasteiger partial charge on any atom is -0.478 e. The molecule has 0 saturated carbocycles. The topological polar surface area (TPSA) is 50.3 Å².